The lowest BCUT2D eigenvalue weighted by molar-refractivity contribution is -0.136. The van der Waals surface area contributed by atoms with Gasteiger partial charge in [0, 0.05) is 11.4 Å². The third-order valence-corrected chi connectivity index (χ3v) is 6.35. The van der Waals surface area contributed by atoms with Crippen LogP contribution in [0.4, 0.5) is 10.1 Å². The van der Waals surface area contributed by atoms with Crippen LogP contribution >= 0.6 is 11.8 Å². The van der Waals surface area contributed by atoms with E-state index in [2.05, 4.69) is 5.32 Å². The highest BCUT2D eigenvalue weighted by Crippen LogP contribution is 2.45. The molecule has 2 aromatic carbocycles. The summed E-state index contributed by atoms with van der Waals surface area (Å²) in [6.45, 7) is 3.95. The maximum atomic E-state index is 13.2. The molecule has 0 radical (unpaired) electrons. The molecule has 2 aromatic rings. The molecule has 170 valence electrons. The number of methoxy groups -OCH3 is 1. The van der Waals surface area contributed by atoms with Crippen molar-refractivity contribution in [3.63, 3.8) is 0 Å². The number of nitrogens with zero attached hydrogens (tertiary/aromatic N) is 2. The zero-order chi connectivity index (χ0) is 23.5. The molecule has 1 amide bonds. The first-order valence-electron chi connectivity index (χ1n) is 10.6. The molecular formula is C25H24FN3O3S. The number of thioether (sulfide) groups is 1. The number of amidine groups is 1. The molecule has 0 spiro atoms. The van der Waals surface area contributed by atoms with Crippen LogP contribution in [0.15, 0.2) is 75.9 Å². The molecule has 1 atom stereocenters. The minimum absolute atomic E-state index is 0.0711. The van der Waals surface area contributed by atoms with Crippen LogP contribution in [-0.2, 0) is 14.3 Å². The Morgan fingerprint density at radius 3 is 2.64 bits per heavy atom. The topological polar surface area (TPSA) is 71.0 Å². The van der Waals surface area contributed by atoms with Gasteiger partial charge < -0.3 is 15.0 Å². The fourth-order valence-electron chi connectivity index (χ4n) is 3.97. The molecule has 2 aliphatic heterocycles. The number of aryl methyl sites for hydroxylation is 1. The van der Waals surface area contributed by atoms with Gasteiger partial charge in [-0.15, -0.1) is 0 Å². The van der Waals surface area contributed by atoms with E-state index < -0.39 is 12.0 Å². The molecule has 0 aliphatic carbocycles. The highest BCUT2D eigenvalue weighted by molar-refractivity contribution is 8.16. The number of amides is 1. The van der Waals surface area contributed by atoms with Crippen molar-refractivity contribution in [3.05, 3.63) is 87.9 Å². The Balaban J connectivity index is 1.68. The van der Waals surface area contributed by atoms with E-state index in [4.69, 9.17) is 9.73 Å². The maximum absolute atomic E-state index is 13.2. The molecule has 1 unspecified atom stereocenters. The number of halogens is 1. The molecule has 2 aliphatic rings. The van der Waals surface area contributed by atoms with Gasteiger partial charge in [0.2, 0.25) is 5.91 Å². The average Bonchev–Trinajstić information content (AvgIpc) is 3.20. The van der Waals surface area contributed by atoms with E-state index in [1.54, 1.807) is 0 Å². The smallest absolute Gasteiger partial charge is 0.338 e. The van der Waals surface area contributed by atoms with Crippen molar-refractivity contribution >= 4 is 34.5 Å². The summed E-state index contributed by atoms with van der Waals surface area (Å²) in [5, 5.41) is 5.40. The van der Waals surface area contributed by atoms with Crippen LogP contribution in [-0.4, -0.2) is 29.1 Å². The lowest BCUT2D eigenvalue weighted by Crippen LogP contribution is -2.37. The van der Waals surface area contributed by atoms with Gasteiger partial charge in [0.15, 0.2) is 5.17 Å². The van der Waals surface area contributed by atoms with Gasteiger partial charge in [0.25, 0.3) is 0 Å². The molecule has 33 heavy (non-hydrogen) atoms. The van der Waals surface area contributed by atoms with Gasteiger partial charge in [0.1, 0.15) is 5.82 Å². The lowest BCUT2D eigenvalue weighted by Gasteiger charge is -2.36. The minimum Gasteiger partial charge on any atom is -0.466 e. The van der Waals surface area contributed by atoms with E-state index in [0.29, 0.717) is 23.4 Å². The second-order valence-corrected chi connectivity index (χ2v) is 8.58. The Labute approximate surface area is 196 Å². The van der Waals surface area contributed by atoms with Gasteiger partial charge in [-0.2, -0.15) is 0 Å². The first kappa shape index (κ1) is 22.8. The predicted molar refractivity (Wildman–Crippen MR) is 128 cm³/mol. The second kappa shape index (κ2) is 9.62. The summed E-state index contributed by atoms with van der Waals surface area (Å²) in [7, 11) is 1.36. The van der Waals surface area contributed by atoms with Crippen LogP contribution in [0.2, 0.25) is 0 Å². The number of aliphatic imine (C=N–C) groups is 1. The average molecular weight is 466 g/mol. The first-order chi connectivity index (χ1) is 15.9. The molecule has 1 N–H and O–H groups in total. The Kier molecular flexibility index (Phi) is 6.65. The predicted octanol–water partition coefficient (Wildman–Crippen LogP) is 5.30. The second-order valence-electron chi connectivity index (χ2n) is 7.75. The fourth-order valence-corrected chi connectivity index (χ4v) is 4.91. The first-order valence-corrected chi connectivity index (χ1v) is 11.5. The molecule has 6 nitrogen and oxygen atoms in total. The summed E-state index contributed by atoms with van der Waals surface area (Å²) in [5.74, 6) is -1.05. The molecule has 8 heteroatoms. The monoisotopic (exact) mass is 465 g/mol. The quantitative estimate of drug-likeness (QED) is 0.586. The third-order valence-electron chi connectivity index (χ3n) is 5.46. The van der Waals surface area contributed by atoms with Crippen molar-refractivity contribution < 1.29 is 18.7 Å². The maximum Gasteiger partial charge on any atom is 0.338 e. The van der Waals surface area contributed by atoms with Gasteiger partial charge in [-0.25, -0.2) is 14.2 Å². The molecule has 0 bridgehead atoms. The van der Waals surface area contributed by atoms with E-state index in [-0.39, 0.29) is 18.1 Å². The van der Waals surface area contributed by atoms with Gasteiger partial charge >= 0.3 is 5.97 Å². The van der Waals surface area contributed by atoms with E-state index >= 15 is 0 Å². The molecule has 4 rings (SSSR count). The molecule has 0 aromatic heterocycles. The molecule has 0 fully saturated rings. The summed E-state index contributed by atoms with van der Waals surface area (Å²) in [6, 6.07) is 13.1. The number of hydrogen-bond donors (Lipinski definition) is 1. The van der Waals surface area contributed by atoms with Gasteiger partial charge in [-0.1, -0.05) is 48.5 Å². The number of esters is 1. The third kappa shape index (κ3) is 4.71. The Hall–Kier alpha value is -3.39. The number of rotatable bonds is 6. The largest absolute Gasteiger partial charge is 0.466 e. The van der Waals surface area contributed by atoms with Gasteiger partial charge in [-0.3, -0.25) is 4.79 Å². The van der Waals surface area contributed by atoms with E-state index in [9.17, 15) is 14.0 Å². The number of fused-ring (bicyclic) bond motifs is 1. The van der Waals surface area contributed by atoms with E-state index in [1.165, 1.54) is 43.1 Å². The number of ether oxygens (including phenoxy) is 1. The van der Waals surface area contributed by atoms with E-state index in [0.717, 1.165) is 22.0 Å². The van der Waals surface area contributed by atoms with Crippen molar-refractivity contribution in [2.24, 2.45) is 4.99 Å². The number of carbonyl (C=O) groups excluding carboxylic acids is 2. The highest BCUT2D eigenvalue weighted by Gasteiger charge is 2.41. The summed E-state index contributed by atoms with van der Waals surface area (Å²) < 4.78 is 18.3. The zero-order valence-electron chi connectivity index (χ0n) is 18.6. The molecule has 0 saturated heterocycles. The SMILES string of the molecule is CCC1=C(C(=O)OC)C(c2cccc(C)c2)N2C(CC(=O)Nc3ccc(F)cc3)=CSC2=N1. The summed E-state index contributed by atoms with van der Waals surface area (Å²) >= 11 is 1.43. The van der Waals surface area contributed by atoms with Crippen molar-refractivity contribution in [1.29, 1.82) is 0 Å². The summed E-state index contributed by atoms with van der Waals surface area (Å²) in [5.41, 5.74) is 4.37. The zero-order valence-corrected chi connectivity index (χ0v) is 19.4. The number of anilines is 1. The normalized spacial score (nSPS) is 17.3. The van der Waals surface area contributed by atoms with Crippen LogP contribution < -0.4 is 5.32 Å². The number of hydrogen-bond acceptors (Lipinski definition) is 6. The molecular weight excluding hydrogens is 441 g/mol. The van der Waals surface area contributed by atoms with Crippen LogP contribution in [0.1, 0.15) is 36.9 Å². The number of allylic oxidation sites excluding steroid dienone is 1. The summed E-state index contributed by atoms with van der Waals surface area (Å²) in [4.78, 5) is 32.3. The minimum atomic E-state index is -0.459. The Bertz CT molecular complexity index is 1190. The number of benzene rings is 2. The number of nitrogens with one attached hydrogen (secondary N) is 1. The van der Waals surface area contributed by atoms with Crippen LogP contribution in [0.25, 0.3) is 0 Å². The van der Waals surface area contributed by atoms with Crippen molar-refractivity contribution in [3.8, 4) is 0 Å². The van der Waals surface area contributed by atoms with Crippen molar-refractivity contribution in [2.75, 3.05) is 12.4 Å². The van der Waals surface area contributed by atoms with Gasteiger partial charge in [0.05, 0.1) is 30.8 Å². The fraction of sp³-hybridized carbons (Fsp3) is 0.240. The van der Waals surface area contributed by atoms with Crippen LogP contribution in [0, 0.1) is 12.7 Å². The highest BCUT2D eigenvalue weighted by atomic mass is 32.2. The van der Waals surface area contributed by atoms with Crippen LogP contribution in [0.5, 0.6) is 0 Å². The lowest BCUT2D eigenvalue weighted by atomic mass is 9.92. The van der Waals surface area contributed by atoms with Crippen LogP contribution in [0.3, 0.4) is 0 Å². The summed E-state index contributed by atoms with van der Waals surface area (Å²) in [6.07, 6.45) is 0.645. The molecule has 0 saturated carbocycles. The van der Waals surface area contributed by atoms with Crippen molar-refractivity contribution in [1.82, 2.24) is 4.90 Å². The van der Waals surface area contributed by atoms with E-state index in [1.807, 2.05) is 48.4 Å². The Morgan fingerprint density at radius 1 is 1.21 bits per heavy atom. The van der Waals surface area contributed by atoms with Crippen molar-refractivity contribution in [2.45, 2.75) is 32.7 Å². The Morgan fingerprint density at radius 2 is 1.97 bits per heavy atom. The molecule has 2 heterocycles. The number of carbonyl (C=O) groups is 2. The van der Waals surface area contributed by atoms with Gasteiger partial charge in [-0.05, 0) is 48.6 Å². The standard InChI is InChI=1S/C25H24FN3O3S/c1-4-20-22(24(31)32-3)23(16-7-5-6-15(2)12-16)29-19(14-33-25(29)28-20)13-21(30)27-18-10-8-17(26)9-11-18/h5-12,14,23H,4,13H2,1-3H3,(H,27,30).